The van der Waals surface area contributed by atoms with Crippen LogP contribution < -0.4 is 16.0 Å². The van der Waals surface area contributed by atoms with Crippen molar-refractivity contribution >= 4 is 35.1 Å². The number of halogens is 1. The van der Waals surface area contributed by atoms with Crippen molar-refractivity contribution in [2.75, 3.05) is 10.2 Å². The van der Waals surface area contributed by atoms with Gasteiger partial charge in [-0.2, -0.15) is 0 Å². The molecule has 0 spiro atoms. The van der Waals surface area contributed by atoms with Gasteiger partial charge in [0, 0.05) is 18.9 Å². The van der Waals surface area contributed by atoms with E-state index in [9.17, 15) is 9.59 Å². The first kappa shape index (κ1) is 18.1. The molecule has 8 heteroatoms. The highest BCUT2D eigenvalue weighted by atomic mass is 35.5. The van der Waals surface area contributed by atoms with Gasteiger partial charge in [-0.15, -0.1) is 0 Å². The zero-order valence-corrected chi connectivity index (χ0v) is 15.5. The molecule has 3 atom stereocenters. The molecule has 2 heterocycles. The molecule has 1 aliphatic rings. The Balaban J connectivity index is 2.13. The van der Waals surface area contributed by atoms with Crippen molar-refractivity contribution in [1.29, 1.82) is 0 Å². The number of primary amides is 1. The average molecular weight is 374 g/mol. The summed E-state index contributed by atoms with van der Waals surface area (Å²) in [7, 11) is 0. The third kappa shape index (κ3) is 3.10. The molecule has 0 radical (unpaired) electrons. The topological polar surface area (TPSA) is 101 Å². The smallest absolute Gasteiger partial charge is 0.250 e. The summed E-state index contributed by atoms with van der Waals surface area (Å²) in [5.74, 6) is -0.254. The number of aromatic nitrogens is 2. The van der Waals surface area contributed by atoms with Gasteiger partial charge in [-0.05, 0) is 18.6 Å². The minimum absolute atomic E-state index is 0.0359. The van der Waals surface area contributed by atoms with Crippen molar-refractivity contribution < 1.29 is 9.59 Å². The number of nitrogens with one attached hydrogen (secondary N) is 1. The van der Waals surface area contributed by atoms with E-state index in [1.165, 1.54) is 19.3 Å². The zero-order chi connectivity index (χ0) is 19.0. The lowest BCUT2D eigenvalue weighted by molar-refractivity contribution is -0.117. The van der Waals surface area contributed by atoms with Gasteiger partial charge in [0.15, 0.2) is 0 Å². The summed E-state index contributed by atoms with van der Waals surface area (Å²) in [4.78, 5) is 34.3. The predicted octanol–water partition coefficient (Wildman–Crippen LogP) is 2.77. The van der Waals surface area contributed by atoms with Crippen LogP contribution >= 0.6 is 11.6 Å². The lowest BCUT2D eigenvalue weighted by Gasteiger charge is -2.44. The quantitative estimate of drug-likeness (QED) is 0.861. The summed E-state index contributed by atoms with van der Waals surface area (Å²) in [6, 6.07) is 4.93. The number of carbonyl (C=O) groups is 2. The Kier molecular flexibility index (Phi) is 4.82. The number of benzene rings is 1. The van der Waals surface area contributed by atoms with Crippen LogP contribution in [0.2, 0.25) is 5.02 Å². The Morgan fingerprint density at radius 2 is 1.88 bits per heavy atom. The van der Waals surface area contributed by atoms with Crippen molar-refractivity contribution in [3.63, 3.8) is 0 Å². The van der Waals surface area contributed by atoms with Crippen LogP contribution in [0, 0.1) is 5.92 Å². The molecule has 2 aromatic rings. The first-order valence-corrected chi connectivity index (χ1v) is 8.65. The van der Waals surface area contributed by atoms with E-state index >= 15 is 0 Å². The van der Waals surface area contributed by atoms with Crippen molar-refractivity contribution in [2.24, 2.45) is 11.7 Å². The minimum Gasteiger partial charge on any atom is -0.366 e. The number of para-hydroxylation sites is 1. The SMILES string of the molecule is CC(=O)N1c2c(C(N)=O)cccc2[C@H](Nc2ncc(Cl)cn2)[C@@H](C)[C@@H]1C. The lowest BCUT2D eigenvalue weighted by Crippen LogP contribution is -2.49. The number of amides is 2. The third-order valence-corrected chi connectivity index (χ3v) is 5.04. The first-order valence-electron chi connectivity index (χ1n) is 8.28. The molecular weight excluding hydrogens is 354 g/mol. The number of rotatable bonds is 3. The Hall–Kier alpha value is -2.67. The van der Waals surface area contributed by atoms with Crippen LogP contribution in [0.1, 0.15) is 42.7 Å². The molecule has 7 nitrogen and oxygen atoms in total. The minimum atomic E-state index is -0.573. The second-order valence-corrected chi connectivity index (χ2v) is 6.88. The number of hydrogen-bond acceptors (Lipinski definition) is 5. The molecule has 3 N–H and O–H groups in total. The van der Waals surface area contributed by atoms with Gasteiger partial charge < -0.3 is 16.0 Å². The van der Waals surface area contributed by atoms with Crippen LogP contribution in [0.5, 0.6) is 0 Å². The Morgan fingerprint density at radius 3 is 2.46 bits per heavy atom. The average Bonchev–Trinajstić information content (AvgIpc) is 2.59. The number of fused-ring (bicyclic) bond motifs is 1. The summed E-state index contributed by atoms with van der Waals surface area (Å²) < 4.78 is 0. The molecule has 0 bridgehead atoms. The van der Waals surface area contributed by atoms with Crippen LogP contribution in [0.3, 0.4) is 0 Å². The second kappa shape index (κ2) is 6.92. The molecule has 0 saturated carbocycles. The standard InChI is InChI=1S/C18H20ClN5O2/c1-9-10(2)24(11(3)25)16-13(5-4-6-14(16)17(20)26)15(9)23-18-21-7-12(19)8-22-18/h4-10,15H,1-3H3,(H2,20,26)(H,21,22,23)/t9-,10-,15+/m0/s1. The highest BCUT2D eigenvalue weighted by Crippen LogP contribution is 2.43. The normalized spacial score (nSPS) is 21.8. The fraction of sp³-hybridized carbons (Fsp3) is 0.333. The second-order valence-electron chi connectivity index (χ2n) is 6.44. The van der Waals surface area contributed by atoms with E-state index in [4.69, 9.17) is 17.3 Å². The van der Waals surface area contributed by atoms with Gasteiger partial charge in [-0.25, -0.2) is 9.97 Å². The largest absolute Gasteiger partial charge is 0.366 e. The molecule has 1 aromatic heterocycles. The maximum absolute atomic E-state index is 12.3. The molecule has 136 valence electrons. The van der Waals surface area contributed by atoms with E-state index < -0.39 is 5.91 Å². The number of nitrogens with zero attached hydrogens (tertiary/aromatic N) is 3. The number of nitrogens with two attached hydrogens (primary N) is 1. The van der Waals surface area contributed by atoms with Gasteiger partial charge >= 0.3 is 0 Å². The van der Waals surface area contributed by atoms with Crippen molar-refractivity contribution in [1.82, 2.24) is 9.97 Å². The maximum atomic E-state index is 12.3. The summed E-state index contributed by atoms with van der Waals surface area (Å²) in [5, 5.41) is 3.74. The van der Waals surface area contributed by atoms with Gasteiger partial charge in [0.05, 0.1) is 34.7 Å². The molecular formula is C18H20ClN5O2. The van der Waals surface area contributed by atoms with E-state index in [2.05, 4.69) is 15.3 Å². The lowest BCUT2D eigenvalue weighted by atomic mass is 9.81. The van der Waals surface area contributed by atoms with E-state index in [1.807, 2.05) is 19.9 Å². The zero-order valence-electron chi connectivity index (χ0n) is 14.7. The van der Waals surface area contributed by atoms with Gasteiger partial charge in [0.25, 0.3) is 5.91 Å². The summed E-state index contributed by atoms with van der Waals surface area (Å²) in [5.41, 5.74) is 7.23. The molecule has 0 unspecified atom stereocenters. The Labute approximate surface area is 156 Å². The summed E-state index contributed by atoms with van der Waals surface area (Å²) in [6.45, 7) is 5.47. The molecule has 0 saturated heterocycles. The van der Waals surface area contributed by atoms with E-state index in [0.29, 0.717) is 22.2 Å². The van der Waals surface area contributed by atoms with Crippen LogP contribution in [0.15, 0.2) is 30.6 Å². The first-order chi connectivity index (χ1) is 12.3. The highest BCUT2D eigenvalue weighted by molar-refractivity contribution is 6.30. The van der Waals surface area contributed by atoms with Crippen LogP contribution in [-0.4, -0.2) is 27.8 Å². The fourth-order valence-corrected chi connectivity index (χ4v) is 3.56. The highest BCUT2D eigenvalue weighted by Gasteiger charge is 2.40. The number of carbonyl (C=O) groups excluding carboxylic acids is 2. The summed E-state index contributed by atoms with van der Waals surface area (Å²) >= 11 is 5.85. The number of anilines is 2. The van der Waals surface area contributed by atoms with Crippen molar-refractivity contribution in [3.05, 3.63) is 46.7 Å². The summed E-state index contributed by atoms with van der Waals surface area (Å²) in [6.07, 6.45) is 3.02. The van der Waals surface area contributed by atoms with Gasteiger partial charge in [0.2, 0.25) is 11.9 Å². The molecule has 3 rings (SSSR count). The Bertz CT molecular complexity index is 855. The van der Waals surface area contributed by atoms with Crippen LogP contribution in [-0.2, 0) is 4.79 Å². The van der Waals surface area contributed by atoms with Crippen LogP contribution in [0.25, 0.3) is 0 Å². The molecule has 0 aliphatic carbocycles. The van der Waals surface area contributed by atoms with E-state index in [-0.39, 0.29) is 23.9 Å². The fourth-order valence-electron chi connectivity index (χ4n) is 3.46. The van der Waals surface area contributed by atoms with Crippen LogP contribution in [0.4, 0.5) is 11.6 Å². The van der Waals surface area contributed by atoms with Crippen molar-refractivity contribution in [2.45, 2.75) is 32.9 Å². The molecule has 0 fully saturated rings. The molecule has 2 amide bonds. The van der Waals surface area contributed by atoms with Gasteiger partial charge in [0.1, 0.15) is 0 Å². The molecule has 26 heavy (non-hydrogen) atoms. The number of hydrogen-bond donors (Lipinski definition) is 2. The predicted molar refractivity (Wildman–Crippen MR) is 100 cm³/mol. The van der Waals surface area contributed by atoms with E-state index in [1.54, 1.807) is 17.0 Å². The molecule has 1 aromatic carbocycles. The van der Waals surface area contributed by atoms with E-state index in [0.717, 1.165) is 5.56 Å². The maximum Gasteiger partial charge on any atom is 0.250 e. The van der Waals surface area contributed by atoms with Gasteiger partial charge in [-0.1, -0.05) is 30.7 Å². The molecule has 1 aliphatic heterocycles. The third-order valence-electron chi connectivity index (χ3n) is 4.85. The Morgan fingerprint density at radius 1 is 1.23 bits per heavy atom. The van der Waals surface area contributed by atoms with Gasteiger partial charge in [-0.3, -0.25) is 9.59 Å². The monoisotopic (exact) mass is 373 g/mol. The van der Waals surface area contributed by atoms with Crippen molar-refractivity contribution in [3.8, 4) is 0 Å².